The average Bonchev–Trinajstić information content (AvgIpc) is 2.38. The molecule has 1 atom stereocenters. The van der Waals surface area contributed by atoms with Gasteiger partial charge in [-0.1, -0.05) is 26.2 Å². The maximum absolute atomic E-state index is 4.56. The second kappa shape index (κ2) is 6.50. The van der Waals surface area contributed by atoms with Gasteiger partial charge in [0.15, 0.2) is 0 Å². The van der Waals surface area contributed by atoms with Gasteiger partial charge in [-0.15, -0.1) is 0 Å². The SMILES string of the molecule is CCNC(c1ncccc1Br)C1CCCCC1. The summed E-state index contributed by atoms with van der Waals surface area (Å²) in [6.07, 6.45) is 8.71. The van der Waals surface area contributed by atoms with Crippen LogP contribution in [-0.4, -0.2) is 11.5 Å². The Labute approximate surface area is 112 Å². The molecule has 0 spiro atoms. The van der Waals surface area contributed by atoms with Gasteiger partial charge in [-0.2, -0.15) is 0 Å². The van der Waals surface area contributed by atoms with E-state index in [1.165, 1.54) is 37.8 Å². The van der Waals surface area contributed by atoms with Crippen molar-refractivity contribution in [1.29, 1.82) is 0 Å². The summed E-state index contributed by atoms with van der Waals surface area (Å²) in [6.45, 7) is 3.18. The van der Waals surface area contributed by atoms with Crippen LogP contribution in [0, 0.1) is 5.92 Å². The van der Waals surface area contributed by atoms with Gasteiger partial charge in [-0.25, -0.2) is 0 Å². The molecule has 0 saturated heterocycles. The van der Waals surface area contributed by atoms with Gasteiger partial charge in [-0.3, -0.25) is 4.98 Å². The number of rotatable bonds is 4. The van der Waals surface area contributed by atoms with Crippen LogP contribution >= 0.6 is 15.9 Å². The molecule has 0 radical (unpaired) electrons. The highest BCUT2D eigenvalue weighted by Gasteiger charge is 2.26. The van der Waals surface area contributed by atoms with Crippen molar-refractivity contribution in [3.05, 3.63) is 28.5 Å². The van der Waals surface area contributed by atoms with E-state index in [2.05, 4.69) is 39.2 Å². The van der Waals surface area contributed by atoms with Crippen molar-refractivity contribution in [2.24, 2.45) is 5.92 Å². The van der Waals surface area contributed by atoms with Crippen LogP contribution in [0.25, 0.3) is 0 Å². The average molecular weight is 297 g/mol. The van der Waals surface area contributed by atoms with Crippen LogP contribution in [0.2, 0.25) is 0 Å². The van der Waals surface area contributed by atoms with E-state index in [-0.39, 0.29) is 0 Å². The van der Waals surface area contributed by atoms with E-state index in [4.69, 9.17) is 0 Å². The van der Waals surface area contributed by atoms with Gasteiger partial charge in [0.25, 0.3) is 0 Å². The van der Waals surface area contributed by atoms with Crippen LogP contribution in [0.15, 0.2) is 22.8 Å². The summed E-state index contributed by atoms with van der Waals surface area (Å²) in [5.74, 6) is 0.745. The molecule has 1 N–H and O–H groups in total. The largest absolute Gasteiger partial charge is 0.309 e. The van der Waals surface area contributed by atoms with E-state index in [0.717, 1.165) is 16.9 Å². The lowest BCUT2D eigenvalue weighted by Gasteiger charge is -2.31. The van der Waals surface area contributed by atoms with Crippen molar-refractivity contribution in [1.82, 2.24) is 10.3 Å². The van der Waals surface area contributed by atoms with Crippen LogP contribution in [-0.2, 0) is 0 Å². The fraction of sp³-hybridized carbons (Fsp3) is 0.643. The Hall–Kier alpha value is -0.410. The summed E-state index contributed by atoms with van der Waals surface area (Å²) in [5.41, 5.74) is 1.18. The summed E-state index contributed by atoms with van der Waals surface area (Å²) >= 11 is 3.63. The minimum Gasteiger partial charge on any atom is -0.309 e. The van der Waals surface area contributed by atoms with Crippen LogP contribution in [0.4, 0.5) is 0 Å². The number of aromatic nitrogens is 1. The molecule has 1 saturated carbocycles. The summed E-state index contributed by atoms with van der Waals surface area (Å²) < 4.78 is 1.14. The van der Waals surface area contributed by atoms with Gasteiger partial charge >= 0.3 is 0 Å². The number of pyridine rings is 1. The number of hydrogen-bond acceptors (Lipinski definition) is 2. The Kier molecular flexibility index (Phi) is 4.99. The van der Waals surface area contributed by atoms with Crippen molar-refractivity contribution in [2.45, 2.75) is 45.1 Å². The molecule has 1 aliphatic carbocycles. The number of hydrogen-bond donors (Lipinski definition) is 1. The summed E-state index contributed by atoms with van der Waals surface area (Å²) in [5, 5.41) is 3.62. The lowest BCUT2D eigenvalue weighted by Crippen LogP contribution is -2.30. The molecule has 1 aromatic heterocycles. The molecule has 1 heterocycles. The molecule has 0 aliphatic heterocycles. The topological polar surface area (TPSA) is 24.9 Å². The van der Waals surface area contributed by atoms with E-state index in [1.807, 2.05) is 12.3 Å². The minimum atomic E-state index is 0.413. The first-order valence-electron chi connectivity index (χ1n) is 6.66. The second-order valence-corrected chi connectivity index (χ2v) is 5.66. The third kappa shape index (κ3) is 3.29. The van der Waals surface area contributed by atoms with Crippen molar-refractivity contribution in [2.75, 3.05) is 6.54 Å². The zero-order valence-corrected chi connectivity index (χ0v) is 12.0. The smallest absolute Gasteiger partial charge is 0.0717 e. The van der Waals surface area contributed by atoms with Crippen molar-refractivity contribution in [3.8, 4) is 0 Å². The predicted molar refractivity (Wildman–Crippen MR) is 74.9 cm³/mol. The van der Waals surface area contributed by atoms with Crippen LogP contribution < -0.4 is 5.32 Å². The molecule has 17 heavy (non-hydrogen) atoms. The summed E-state index contributed by atoms with van der Waals surface area (Å²) in [6, 6.07) is 4.49. The minimum absolute atomic E-state index is 0.413. The van der Waals surface area contributed by atoms with Gasteiger partial charge < -0.3 is 5.32 Å². The Morgan fingerprint density at radius 1 is 1.41 bits per heavy atom. The lowest BCUT2D eigenvalue weighted by atomic mass is 9.82. The summed E-state index contributed by atoms with van der Waals surface area (Å²) in [4.78, 5) is 4.56. The van der Waals surface area contributed by atoms with E-state index >= 15 is 0 Å². The first-order valence-corrected chi connectivity index (χ1v) is 7.46. The third-order valence-corrected chi connectivity index (χ3v) is 4.30. The van der Waals surface area contributed by atoms with E-state index < -0.39 is 0 Å². The zero-order chi connectivity index (χ0) is 12.1. The van der Waals surface area contributed by atoms with E-state index in [1.54, 1.807) is 0 Å². The normalized spacial score (nSPS) is 19.2. The standard InChI is InChI=1S/C14H21BrN2/c1-2-16-13(11-7-4-3-5-8-11)14-12(15)9-6-10-17-14/h6,9-11,13,16H,2-5,7-8H2,1H3. The molecule has 94 valence electrons. The monoisotopic (exact) mass is 296 g/mol. The highest BCUT2D eigenvalue weighted by atomic mass is 79.9. The van der Waals surface area contributed by atoms with Crippen molar-refractivity contribution < 1.29 is 0 Å². The predicted octanol–water partition coefficient (Wildman–Crippen LogP) is 4.08. The number of halogens is 1. The molecule has 2 nitrogen and oxygen atoms in total. The molecular formula is C14H21BrN2. The van der Waals surface area contributed by atoms with E-state index in [0.29, 0.717) is 6.04 Å². The number of nitrogens with zero attached hydrogens (tertiary/aromatic N) is 1. The fourth-order valence-corrected chi connectivity index (χ4v) is 3.30. The molecule has 0 bridgehead atoms. The molecule has 1 aliphatic rings. The highest BCUT2D eigenvalue weighted by molar-refractivity contribution is 9.10. The molecule has 1 fully saturated rings. The van der Waals surface area contributed by atoms with Crippen LogP contribution in [0.1, 0.15) is 50.8 Å². The summed E-state index contributed by atoms with van der Waals surface area (Å²) in [7, 11) is 0. The Morgan fingerprint density at radius 2 is 2.18 bits per heavy atom. The quantitative estimate of drug-likeness (QED) is 0.906. The second-order valence-electron chi connectivity index (χ2n) is 4.80. The Morgan fingerprint density at radius 3 is 2.82 bits per heavy atom. The van der Waals surface area contributed by atoms with Gasteiger partial charge in [-0.05, 0) is 53.4 Å². The maximum Gasteiger partial charge on any atom is 0.0717 e. The molecule has 1 unspecified atom stereocenters. The molecule has 2 rings (SSSR count). The van der Waals surface area contributed by atoms with Gasteiger partial charge in [0.1, 0.15) is 0 Å². The zero-order valence-electron chi connectivity index (χ0n) is 10.5. The lowest BCUT2D eigenvalue weighted by molar-refractivity contribution is 0.270. The van der Waals surface area contributed by atoms with Crippen molar-refractivity contribution >= 4 is 15.9 Å². The van der Waals surface area contributed by atoms with Gasteiger partial charge in [0, 0.05) is 10.7 Å². The first-order chi connectivity index (χ1) is 8.33. The van der Waals surface area contributed by atoms with Crippen molar-refractivity contribution in [3.63, 3.8) is 0 Å². The molecule has 0 amide bonds. The molecule has 0 aromatic carbocycles. The Bertz CT molecular complexity index is 348. The van der Waals surface area contributed by atoms with Crippen LogP contribution in [0.5, 0.6) is 0 Å². The highest BCUT2D eigenvalue weighted by Crippen LogP contribution is 2.35. The van der Waals surface area contributed by atoms with Gasteiger partial charge in [0.2, 0.25) is 0 Å². The first kappa shape index (κ1) is 13.0. The molecular weight excluding hydrogens is 276 g/mol. The van der Waals surface area contributed by atoms with Crippen LogP contribution in [0.3, 0.4) is 0 Å². The van der Waals surface area contributed by atoms with Gasteiger partial charge in [0.05, 0.1) is 11.7 Å². The Balaban J connectivity index is 2.18. The third-order valence-electron chi connectivity index (χ3n) is 3.63. The molecule has 3 heteroatoms. The molecule has 1 aromatic rings. The number of nitrogens with one attached hydrogen (secondary N) is 1. The fourth-order valence-electron chi connectivity index (χ4n) is 2.80. The van der Waals surface area contributed by atoms with E-state index in [9.17, 15) is 0 Å². The maximum atomic E-state index is 4.56.